The van der Waals surface area contributed by atoms with E-state index in [1.54, 1.807) is 55.9 Å². The maximum Gasteiger partial charge on any atom is 0.312 e. The molecule has 0 radical (unpaired) electrons. The number of nitrogens with zero attached hydrogens (tertiary/aromatic N) is 3. The maximum atomic E-state index is 13.8. The van der Waals surface area contributed by atoms with E-state index in [1.165, 1.54) is 16.7 Å². The van der Waals surface area contributed by atoms with Gasteiger partial charge in [-0.25, -0.2) is 9.37 Å². The highest BCUT2D eigenvalue weighted by molar-refractivity contribution is 5.91. The standard InChI is InChI=1S/C21H18FN3O3/c1-11-15-10-13(22)4-6-17(15)24(3)20(26)18(11)14-5-7-16(12(2)21(27)28)25-9-8-23-19(14)25/h4-10,12H,1-3H3,(H,27,28). The average molecular weight is 379 g/mol. The molecule has 0 saturated heterocycles. The van der Waals surface area contributed by atoms with Crippen molar-refractivity contribution in [2.24, 2.45) is 7.05 Å². The van der Waals surface area contributed by atoms with Crippen LogP contribution in [-0.2, 0) is 11.8 Å². The first kappa shape index (κ1) is 17.9. The lowest BCUT2D eigenvalue weighted by Crippen LogP contribution is -2.21. The number of aromatic nitrogens is 3. The van der Waals surface area contributed by atoms with Crippen molar-refractivity contribution in [3.8, 4) is 11.1 Å². The summed E-state index contributed by atoms with van der Waals surface area (Å²) in [6, 6.07) is 7.74. The predicted molar refractivity (Wildman–Crippen MR) is 104 cm³/mol. The van der Waals surface area contributed by atoms with E-state index >= 15 is 0 Å². The molecule has 3 heterocycles. The minimum Gasteiger partial charge on any atom is -0.481 e. The van der Waals surface area contributed by atoms with Crippen molar-refractivity contribution in [3.63, 3.8) is 0 Å². The Morgan fingerprint density at radius 3 is 2.71 bits per heavy atom. The summed E-state index contributed by atoms with van der Waals surface area (Å²) in [6.45, 7) is 3.38. The maximum absolute atomic E-state index is 13.8. The molecule has 0 fully saturated rings. The number of carboxylic acid groups (broad SMARTS) is 1. The van der Waals surface area contributed by atoms with E-state index in [9.17, 15) is 19.1 Å². The minimum atomic E-state index is -0.948. The highest BCUT2D eigenvalue weighted by Gasteiger charge is 2.22. The minimum absolute atomic E-state index is 0.222. The van der Waals surface area contributed by atoms with Gasteiger partial charge in [0, 0.05) is 36.1 Å². The molecule has 1 atom stereocenters. The van der Waals surface area contributed by atoms with Gasteiger partial charge in [-0.05, 0) is 49.7 Å². The van der Waals surface area contributed by atoms with Gasteiger partial charge in [0.15, 0.2) is 0 Å². The highest BCUT2D eigenvalue weighted by Crippen LogP contribution is 2.31. The van der Waals surface area contributed by atoms with E-state index in [2.05, 4.69) is 4.98 Å². The van der Waals surface area contributed by atoms with Crippen LogP contribution in [0.5, 0.6) is 0 Å². The number of halogens is 1. The zero-order valence-electron chi connectivity index (χ0n) is 15.6. The Hall–Kier alpha value is -3.48. The normalized spacial score (nSPS) is 12.6. The van der Waals surface area contributed by atoms with Gasteiger partial charge in [0.05, 0.1) is 17.0 Å². The molecule has 0 aliphatic rings. The summed E-state index contributed by atoms with van der Waals surface area (Å²) in [6.07, 6.45) is 3.24. The number of rotatable bonds is 3. The topological polar surface area (TPSA) is 76.6 Å². The van der Waals surface area contributed by atoms with Gasteiger partial charge in [0.2, 0.25) is 0 Å². The van der Waals surface area contributed by atoms with Gasteiger partial charge < -0.3 is 14.1 Å². The Kier molecular flexibility index (Phi) is 4.03. The number of carboxylic acids is 1. The van der Waals surface area contributed by atoms with E-state index in [0.717, 1.165) is 0 Å². The Morgan fingerprint density at radius 2 is 2.00 bits per heavy atom. The third kappa shape index (κ3) is 2.51. The van der Waals surface area contributed by atoms with Gasteiger partial charge in [0.1, 0.15) is 11.5 Å². The quantitative estimate of drug-likeness (QED) is 0.591. The number of carbonyl (C=O) groups is 1. The van der Waals surface area contributed by atoms with Crippen LogP contribution in [0.4, 0.5) is 4.39 Å². The van der Waals surface area contributed by atoms with Crippen LogP contribution in [0.2, 0.25) is 0 Å². The molecule has 1 aromatic carbocycles. The van der Waals surface area contributed by atoms with E-state index in [1.807, 2.05) is 0 Å². The first-order valence-corrected chi connectivity index (χ1v) is 8.79. The summed E-state index contributed by atoms with van der Waals surface area (Å²) >= 11 is 0. The molecule has 0 spiro atoms. The van der Waals surface area contributed by atoms with Gasteiger partial charge in [-0.3, -0.25) is 9.59 Å². The second-order valence-electron chi connectivity index (χ2n) is 6.88. The van der Waals surface area contributed by atoms with Crippen LogP contribution in [0.3, 0.4) is 0 Å². The molecule has 7 heteroatoms. The van der Waals surface area contributed by atoms with Crippen LogP contribution in [0.25, 0.3) is 27.7 Å². The van der Waals surface area contributed by atoms with Crippen molar-refractivity contribution in [1.82, 2.24) is 14.0 Å². The summed E-state index contributed by atoms with van der Waals surface area (Å²) in [5, 5.41) is 10.0. The van der Waals surface area contributed by atoms with Crippen LogP contribution in [0.1, 0.15) is 24.1 Å². The van der Waals surface area contributed by atoms with Gasteiger partial charge in [-0.2, -0.15) is 0 Å². The fraction of sp³-hybridized carbons (Fsp3) is 0.190. The van der Waals surface area contributed by atoms with Crippen LogP contribution in [0.15, 0.2) is 47.5 Å². The van der Waals surface area contributed by atoms with E-state index < -0.39 is 11.9 Å². The molecule has 0 amide bonds. The summed E-state index contributed by atoms with van der Waals surface area (Å²) in [5.74, 6) is -2.06. The Labute approximate surface area is 159 Å². The number of hydrogen-bond donors (Lipinski definition) is 1. The third-order valence-electron chi connectivity index (χ3n) is 5.28. The van der Waals surface area contributed by atoms with Crippen LogP contribution in [0, 0.1) is 12.7 Å². The number of pyridine rings is 2. The van der Waals surface area contributed by atoms with Crippen molar-refractivity contribution in [3.05, 3.63) is 70.2 Å². The molecule has 4 aromatic rings. The monoisotopic (exact) mass is 379 g/mol. The molecule has 28 heavy (non-hydrogen) atoms. The van der Waals surface area contributed by atoms with Gasteiger partial charge in [-0.15, -0.1) is 0 Å². The van der Waals surface area contributed by atoms with Gasteiger partial charge in [0.25, 0.3) is 5.56 Å². The molecule has 0 aliphatic heterocycles. The second kappa shape index (κ2) is 6.30. The van der Waals surface area contributed by atoms with Crippen molar-refractivity contribution in [2.75, 3.05) is 0 Å². The van der Waals surface area contributed by atoms with E-state index in [4.69, 9.17) is 0 Å². The number of benzene rings is 1. The smallest absolute Gasteiger partial charge is 0.312 e. The number of fused-ring (bicyclic) bond motifs is 2. The molecule has 1 unspecified atom stereocenters. The van der Waals surface area contributed by atoms with E-state index in [0.29, 0.717) is 38.9 Å². The molecule has 4 rings (SSSR count). The zero-order chi connectivity index (χ0) is 20.2. The zero-order valence-corrected chi connectivity index (χ0v) is 15.6. The first-order chi connectivity index (χ1) is 13.3. The third-order valence-corrected chi connectivity index (χ3v) is 5.28. The number of aryl methyl sites for hydroxylation is 2. The number of hydrogen-bond acceptors (Lipinski definition) is 3. The molecule has 0 aliphatic carbocycles. The largest absolute Gasteiger partial charge is 0.481 e. The fourth-order valence-electron chi connectivity index (χ4n) is 3.70. The molecule has 3 aromatic heterocycles. The Morgan fingerprint density at radius 1 is 1.25 bits per heavy atom. The molecule has 0 bridgehead atoms. The lowest BCUT2D eigenvalue weighted by Gasteiger charge is -2.16. The lowest BCUT2D eigenvalue weighted by molar-refractivity contribution is -0.138. The molecule has 1 N–H and O–H groups in total. The summed E-state index contributed by atoms with van der Waals surface area (Å²) in [4.78, 5) is 28.9. The molecular formula is C21H18FN3O3. The summed E-state index contributed by atoms with van der Waals surface area (Å²) in [7, 11) is 1.65. The highest BCUT2D eigenvalue weighted by atomic mass is 19.1. The van der Waals surface area contributed by atoms with E-state index in [-0.39, 0.29) is 11.4 Å². The first-order valence-electron chi connectivity index (χ1n) is 8.79. The predicted octanol–water partition coefficient (Wildman–Crippen LogP) is 3.49. The summed E-state index contributed by atoms with van der Waals surface area (Å²) < 4.78 is 17.0. The van der Waals surface area contributed by atoms with Crippen molar-refractivity contribution < 1.29 is 14.3 Å². The number of imidazole rings is 1. The molecule has 142 valence electrons. The van der Waals surface area contributed by atoms with Gasteiger partial charge in [-0.1, -0.05) is 0 Å². The lowest BCUT2D eigenvalue weighted by atomic mass is 9.97. The fourth-order valence-corrected chi connectivity index (χ4v) is 3.70. The molecule has 6 nitrogen and oxygen atoms in total. The Balaban J connectivity index is 2.08. The SMILES string of the molecule is Cc1c(-c2ccc(C(C)C(=O)O)n3ccnc23)c(=O)n(C)c2ccc(F)cc12. The van der Waals surface area contributed by atoms with Crippen LogP contribution in [-0.4, -0.2) is 25.0 Å². The van der Waals surface area contributed by atoms with Gasteiger partial charge >= 0.3 is 5.97 Å². The van der Waals surface area contributed by atoms with Crippen LogP contribution >= 0.6 is 0 Å². The molecule has 0 saturated carbocycles. The summed E-state index contributed by atoms with van der Waals surface area (Å²) in [5.41, 5.74) is 3.12. The second-order valence-corrected chi connectivity index (χ2v) is 6.88. The number of aliphatic carboxylic acids is 1. The van der Waals surface area contributed by atoms with Crippen LogP contribution < -0.4 is 5.56 Å². The van der Waals surface area contributed by atoms with Crippen molar-refractivity contribution in [2.45, 2.75) is 19.8 Å². The van der Waals surface area contributed by atoms with Crippen molar-refractivity contribution >= 4 is 22.5 Å². The van der Waals surface area contributed by atoms with Crippen molar-refractivity contribution in [1.29, 1.82) is 0 Å². The molecular weight excluding hydrogens is 361 g/mol. The Bertz CT molecular complexity index is 1320. The average Bonchev–Trinajstić information content (AvgIpc) is 3.16.